The molecule has 0 aliphatic carbocycles. The van der Waals surface area contributed by atoms with Crippen LogP contribution in [0.2, 0.25) is 10.0 Å². The molecule has 1 aliphatic rings. The van der Waals surface area contributed by atoms with Gasteiger partial charge in [-0.25, -0.2) is 13.1 Å². The number of hydrogen-bond donors (Lipinski definition) is 1. The monoisotopic (exact) mass is 681 g/mol. The number of carbonyl (C=O) groups excluding carboxylic acids is 1. The Morgan fingerprint density at radius 2 is 1.57 bits per heavy atom. The summed E-state index contributed by atoms with van der Waals surface area (Å²) >= 11 is 13.0. The molecule has 1 N–H and O–H groups in total. The number of imidazole rings is 2. The molecule has 4 bridgehead atoms. The molecule has 2 aromatic heterocycles. The van der Waals surface area contributed by atoms with Gasteiger partial charge < -0.3 is 9.57 Å². The highest BCUT2D eigenvalue weighted by atomic mass is 35.5. The Hall–Kier alpha value is -5.36. The van der Waals surface area contributed by atoms with E-state index < -0.39 is 15.9 Å². The molecule has 232 valence electrons. The number of halogens is 2. The predicted molar refractivity (Wildman–Crippen MR) is 179 cm³/mol. The van der Waals surface area contributed by atoms with Gasteiger partial charge in [0.1, 0.15) is 16.8 Å². The van der Waals surface area contributed by atoms with Gasteiger partial charge >= 0.3 is 12.0 Å². The lowest BCUT2D eigenvalue weighted by molar-refractivity contribution is -0.117. The Morgan fingerprint density at radius 1 is 0.766 bits per heavy atom. The summed E-state index contributed by atoms with van der Waals surface area (Å²) in [4.78, 5) is 27.3. The maximum absolute atomic E-state index is 12.7. The molecule has 0 radical (unpaired) electrons. The number of pyridine rings is 1. The topological polar surface area (TPSA) is 117 Å². The molecule has 47 heavy (non-hydrogen) atoms. The number of nitrogens with one attached hydrogen (secondary N) is 1. The predicted octanol–water partition coefficient (Wildman–Crippen LogP) is 7.79. The lowest BCUT2D eigenvalue weighted by Crippen LogP contribution is -2.28. The molecular formula is C34H21Cl2N5O5S. The molecule has 1 aliphatic heterocycles. The minimum absolute atomic E-state index is 0.0225. The Bertz CT molecular complexity index is 2530. The van der Waals surface area contributed by atoms with E-state index in [0.717, 1.165) is 40.4 Å². The molecule has 0 spiro atoms. The Kier molecular flexibility index (Phi) is 6.72. The molecule has 8 rings (SSSR count). The van der Waals surface area contributed by atoms with Crippen molar-refractivity contribution in [3.8, 4) is 45.7 Å². The number of benzene rings is 5. The highest BCUT2D eigenvalue weighted by Crippen LogP contribution is 2.45. The molecule has 5 aromatic carbocycles. The van der Waals surface area contributed by atoms with E-state index in [1.165, 1.54) is 22.9 Å². The molecule has 3 heterocycles. The fourth-order valence-electron chi connectivity index (χ4n) is 5.67. The second kappa shape index (κ2) is 10.9. The van der Waals surface area contributed by atoms with E-state index in [-0.39, 0.29) is 22.7 Å². The first kappa shape index (κ1) is 29.1. The second-order valence-corrected chi connectivity index (χ2v) is 13.4. The number of ether oxygens (including phenoxy) is 1. The Balaban J connectivity index is 1.27. The number of nitrogens with zero attached hydrogens (tertiary/aromatic N) is 4. The van der Waals surface area contributed by atoms with Crippen LogP contribution in [0.25, 0.3) is 50.0 Å². The van der Waals surface area contributed by atoms with Crippen molar-refractivity contribution >= 4 is 61.2 Å². The number of hydrogen-bond acceptors (Lipinski definition) is 7. The zero-order chi connectivity index (χ0) is 32.4. The number of rotatable bonds is 7. The van der Waals surface area contributed by atoms with Crippen LogP contribution in [-0.4, -0.2) is 33.6 Å². The van der Waals surface area contributed by atoms with Gasteiger partial charge in [0.05, 0.1) is 21.6 Å². The maximum Gasteiger partial charge on any atom is 0.337 e. The first-order chi connectivity index (χ1) is 22.6. The van der Waals surface area contributed by atoms with Crippen LogP contribution >= 0.6 is 23.2 Å². The summed E-state index contributed by atoms with van der Waals surface area (Å²) in [5.41, 5.74) is 7.12. The Labute approximate surface area is 277 Å². The van der Waals surface area contributed by atoms with E-state index in [1.54, 1.807) is 24.3 Å². The SMILES string of the molecule is CC(=O)NS(=O)(=O)c1cccc(Oc2nc3ccc(Cl)cc3n2Oc2nc3c4cc(Cl)cc3n2-c2cc(-c3ccccc3)ccc2-4)c1. The molecule has 0 saturated carbocycles. The minimum atomic E-state index is -4.12. The number of sulfonamides is 1. The first-order valence-electron chi connectivity index (χ1n) is 14.2. The van der Waals surface area contributed by atoms with Crippen molar-refractivity contribution < 1.29 is 22.8 Å². The van der Waals surface area contributed by atoms with Crippen LogP contribution < -0.4 is 14.3 Å². The minimum Gasteiger partial charge on any atom is -0.423 e. The van der Waals surface area contributed by atoms with Crippen LogP contribution in [0.4, 0.5) is 0 Å². The normalized spacial score (nSPS) is 12.0. The van der Waals surface area contributed by atoms with E-state index in [4.69, 9.17) is 37.8 Å². The van der Waals surface area contributed by atoms with Crippen molar-refractivity contribution in [2.75, 3.05) is 0 Å². The maximum atomic E-state index is 12.7. The van der Waals surface area contributed by atoms with Gasteiger partial charge in [-0.05, 0) is 59.7 Å². The molecular weight excluding hydrogens is 661 g/mol. The first-order valence-corrected chi connectivity index (χ1v) is 16.5. The summed E-state index contributed by atoms with van der Waals surface area (Å²) in [5, 5.41) is 0.984. The smallest absolute Gasteiger partial charge is 0.337 e. The lowest BCUT2D eigenvalue weighted by Gasteiger charge is -2.20. The third-order valence-electron chi connectivity index (χ3n) is 7.65. The summed E-state index contributed by atoms with van der Waals surface area (Å²) in [6.07, 6.45) is 0. The van der Waals surface area contributed by atoms with Gasteiger partial charge in [-0.15, -0.1) is 4.73 Å². The van der Waals surface area contributed by atoms with Gasteiger partial charge in [-0.1, -0.05) is 71.7 Å². The molecule has 0 fully saturated rings. The van der Waals surface area contributed by atoms with Gasteiger partial charge in [-0.3, -0.25) is 9.36 Å². The van der Waals surface area contributed by atoms with Crippen LogP contribution in [0.1, 0.15) is 6.92 Å². The van der Waals surface area contributed by atoms with Gasteiger partial charge in [-0.2, -0.15) is 9.97 Å². The van der Waals surface area contributed by atoms with Crippen molar-refractivity contribution in [2.45, 2.75) is 11.8 Å². The van der Waals surface area contributed by atoms with Crippen molar-refractivity contribution in [2.24, 2.45) is 0 Å². The summed E-state index contributed by atoms with van der Waals surface area (Å²) in [5.74, 6) is -0.585. The largest absolute Gasteiger partial charge is 0.423 e. The van der Waals surface area contributed by atoms with E-state index in [0.29, 0.717) is 26.6 Å². The average Bonchev–Trinajstić information content (AvgIpc) is 3.52. The molecule has 0 unspecified atom stereocenters. The van der Waals surface area contributed by atoms with Gasteiger partial charge in [0.15, 0.2) is 0 Å². The zero-order valence-corrected chi connectivity index (χ0v) is 26.6. The van der Waals surface area contributed by atoms with Crippen molar-refractivity contribution in [1.82, 2.24) is 24.0 Å². The molecule has 7 aromatic rings. The molecule has 0 saturated heterocycles. The van der Waals surface area contributed by atoms with Crippen molar-refractivity contribution in [3.63, 3.8) is 0 Å². The fourth-order valence-corrected chi connectivity index (χ4v) is 7.08. The number of amides is 1. The summed E-state index contributed by atoms with van der Waals surface area (Å²) < 4.78 is 36.6. The van der Waals surface area contributed by atoms with E-state index in [1.807, 2.05) is 57.8 Å². The fraction of sp³-hybridized carbons (Fsp3) is 0.0294. The highest BCUT2D eigenvalue weighted by Gasteiger charge is 2.29. The molecule has 1 amide bonds. The third kappa shape index (κ3) is 5.05. The summed E-state index contributed by atoms with van der Waals surface area (Å²) in [6.45, 7) is 1.12. The number of fused-ring (bicyclic) bond motifs is 4. The quantitative estimate of drug-likeness (QED) is 0.182. The van der Waals surface area contributed by atoms with Crippen LogP contribution in [0.15, 0.2) is 108 Å². The highest BCUT2D eigenvalue weighted by molar-refractivity contribution is 7.90. The van der Waals surface area contributed by atoms with Gasteiger partial charge in [0, 0.05) is 34.2 Å². The molecule has 0 atom stereocenters. The van der Waals surface area contributed by atoms with Gasteiger partial charge in [0.25, 0.3) is 10.0 Å². The third-order valence-corrected chi connectivity index (χ3v) is 9.54. The average molecular weight is 683 g/mol. The second-order valence-electron chi connectivity index (χ2n) is 10.8. The Morgan fingerprint density at radius 3 is 2.38 bits per heavy atom. The number of carbonyl (C=O) groups is 1. The zero-order valence-electron chi connectivity index (χ0n) is 24.3. The summed E-state index contributed by atoms with van der Waals surface area (Å²) in [6, 6.07) is 30.9. The molecule has 10 nitrogen and oxygen atoms in total. The van der Waals surface area contributed by atoms with Crippen molar-refractivity contribution in [1.29, 1.82) is 0 Å². The van der Waals surface area contributed by atoms with Crippen LogP contribution in [0.5, 0.6) is 17.8 Å². The van der Waals surface area contributed by atoms with Crippen LogP contribution in [0.3, 0.4) is 0 Å². The van der Waals surface area contributed by atoms with E-state index in [2.05, 4.69) is 17.1 Å². The van der Waals surface area contributed by atoms with Crippen LogP contribution in [-0.2, 0) is 14.8 Å². The lowest BCUT2D eigenvalue weighted by atomic mass is 9.95. The van der Waals surface area contributed by atoms with E-state index >= 15 is 0 Å². The van der Waals surface area contributed by atoms with E-state index in [9.17, 15) is 13.2 Å². The molecule has 13 heteroatoms. The van der Waals surface area contributed by atoms with Crippen molar-refractivity contribution in [3.05, 3.63) is 113 Å². The van der Waals surface area contributed by atoms with Crippen LogP contribution in [0, 0.1) is 0 Å². The standard InChI is InChI=1S/C34H21Cl2N5O5S/c1-19(42)39-47(43,44)25-9-5-8-24(18-25)45-34-37-28-13-11-22(35)16-30(28)41(34)46-33-38-32-27-15-23(36)17-31(32)40(33)29-14-21(10-12-26(27)29)20-6-3-2-4-7-20/h2-18H,1H3,(H,39,42). The number of aromatic nitrogens is 4. The van der Waals surface area contributed by atoms with Gasteiger partial charge in [0.2, 0.25) is 5.91 Å². The summed E-state index contributed by atoms with van der Waals surface area (Å²) in [7, 11) is -4.12.